The van der Waals surface area contributed by atoms with E-state index in [0.29, 0.717) is 16.2 Å². The van der Waals surface area contributed by atoms with Gasteiger partial charge in [-0.05, 0) is 24.3 Å². The van der Waals surface area contributed by atoms with E-state index in [1.54, 1.807) is 31.3 Å². The van der Waals surface area contributed by atoms with Crippen LogP contribution in [0.3, 0.4) is 0 Å². The zero-order valence-corrected chi connectivity index (χ0v) is 11.3. The average Bonchev–Trinajstić information content (AvgIpc) is 2.41. The van der Waals surface area contributed by atoms with Gasteiger partial charge in [0.1, 0.15) is 0 Å². The third-order valence-corrected chi connectivity index (χ3v) is 3.45. The third-order valence-electron chi connectivity index (χ3n) is 2.65. The summed E-state index contributed by atoms with van der Waals surface area (Å²) in [5.41, 5.74) is 1.33. The van der Waals surface area contributed by atoms with E-state index < -0.39 is 0 Å². The number of alkyl halides is 1. The van der Waals surface area contributed by atoms with Crippen LogP contribution in [0.5, 0.6) is 0 Å². The molecule has 0 radical (unpaired) electrons. The van der Waals surface area contributed by atoms with E-state index in [1.807, 2.05) is 6.07 Å². The van der Waals surface area contributed by atoms with E-state index >= 15 is 0 Å². The van der Waals surface area contributed by atoms with E-state index in [0.717, 1.165) is 5.39 Å². The molecule has 2 aromatic rings. The number of fused-ring (bicyclic) bond motifs is 1. The molecule has 0 aliphatic rings. The zero-order chi connectivity index (χ0) is 13.1. The minimum absolute atomic E-state index is 0.126. The van der Waals surface area contributed by atoms with Crippen LogP contribution >= 0.6 is 23.2 Å². The van der Waals surface area contributed by atoms with E-state index in [1.165, 1.54) is 0 Å². The highest BCUT2D eigenvalue weighted by Crippen LogP contribution is 2.28. The van der Waals surface area contributed by atoms with Gasteiger partial charge >= 0.3 is 0 Å². The molecule has 18 heavy (non-hydrogen) atoms. The molecule has 1 amide bonds. The summed E-state index contributed by atoms with van der Waals surface area (Å²) in [6.07, 6.45) is 1.67. The van der Waals surface area contributed by atoms with Crippen LogP contribution in [-0.2, 0) is 4.79 Å². The first-order chi connectivity index (χ1) is 8.63. The highest BCUT2D eigenvalue weighted by molar-refractivity contribution is 6.36. The van der Waals surface area contributed by atoms with Gasteiger partial charge in [-0.2, -0.15) is 0 Å². The van der Waals surface area contributed by atoms with Crippen molar-refractivity contribution in [3.05, 3.63) is 35.5 Å². The predicted octanol–water partition coefficient (Wildman–Crippen LogP) is 3.70. The molecule has 0 aliphatic heterocycles. The van der Waals surface area contributed by atoms with Gasteiger partial charge in [-0.1, -0.05) is 18.5 Å². The molecule has 0 spiro atoms. The number of benzene rings is 1. The van der Waals surface area contributed by atoms with Gasteiger partial charge in [-0.15, -0.1) is 11.6 Å². The maximum atomic E-state index is 11.8. The lowest BCUT2D eigenvalue weighted by molar-refractivity contribution is -0.118. The Morgan fingerprint density at radius 3 is 2.94 bits per heavy atom. The van der Waals surface area contributed by atoms with Crippen molar-refractivity contribution in [1.82, 2.24) is 4.98 Å². The molecule has 0 saturated carbocycles. The van der Waals surface area contributed by atoms with Gasteiger partial charge in [0.25, 0.3) is 0 Å². The molecule has 94 valence electrons. The summed E-state index contributed by atoms with van der Waals surface area (Å²) in [6.45, 7) is 1.77. The quantitative estimate of drug-likeness (QED) is 0.873. The van der Waals surface area contributed by atoms with Crippen molar-refractivity contribution < 1.29 is 4.79 Å². The Morgan fingerprint density at radius 1 is 1.44 bits per heavy atom. The summed E-state index contributed by atoms with van der Waals surface area (Å²) in [7, 11) is 0. The van der Waals surface area contributed by atoms with E-state index in [2.05, 4.69) is 10.3 Å². The van der Waals surface area contributed by atoms with Crippen molar-refractivity contribution in [2.24, 2.45) is 5.92 Å². The maximum Gasteiger partial charge on any atom is 0.228 e. The monoisotopic (exact) mass is 282 g/mol. The standard InChI is InChI=1S/C13H12Cl2N2O/c1-8(7-14)13(18)17-11-5-4-10(15)9-3-2-6-16-12(9)11/h2-6,8H,7H2,1H3,(H,17,18). The van der Waals surface area contributed by atoms with Gasteiger partial charge in [-0.25, -0.2) is 0 Å². The first kappa shape index (κ1) is 13.1. The number of hydrogen-bond donors (Lipinski definition) is 1. The molecule has 0 saturated heterocycles. The third kappa shape index (κ3) is 2.57. The van der Waals surface area contributed by atoms with Crippen molar-refractivity contribution in [1.29, 1.82) is 0 Å². The highest BCUT2D eigenvalue weighted by atomic mass is 35.5. The fourth-order valence-corrected chi connectivity index (χ4v) is 1.92. The SMILES string of the molecule is CC(CCl)C(=O)Nc1ccc(Cl)c2cccnc12. The molecule has 3 nitrogen and oxygen atoms in total. The van der Waals surface area contributed by atoms with Crippen molar-refractivity contribution in [2.45, 2.75) is 6.92 Å². The fraction of sp³-hybridized carbons (Fsp3) is 0.231. The lowest BCUT2D eigenvalue weighted by Crippen LogP contribution is -2.21. The largest absolute Gasteiger partial charge is 0.324 e. The normalized spacial score (nSPS) is 12.4. The average molecular weight is 283 g/mol. The summed E-state index contributed by atoms with van der Waals surface area (Å²) in [4.78, 5) is 16.1. The Morgan fingerprint density at radius 2 is 2.22 bits per heavy atom. The molecule has 0 aliphatic carbocycles. The highest BCUT2D eigenvalue weighted by Gasteiger charge is 2.14. The molecule has 5 heteroatoms. The summed E-state index contributed by atoms with van der Waals surface area (Å²) >= 11 is 11.7. The van der Waals surface area contributed by atoms with Crippen molar-refractivity contribution in [3.8, 4) is 0 Å². The summed E-state index contributed by atoms with van der Waals surface area (Å²) in [5.74, 6) is -0.0921. The van der Waals surface area contributed by atoms with E-state index in [9.17, 15) is 4.79 Å². The molecule has 2 rings (SSSR count). The topological polar surface area (TPSA) is 42.0 Å². The molecule has 1 atom stereocenters. The van der Waals surface area contributed by atoms with Gasteiger partial charge in [0, 0.05) is 23.4 Å². The number of nitrogens with zero attached hydrogens (tertiary/aromatic N) is 1. The fourth-order valence-electron chi connectivity index (χ4n) is 1.56. The second-order valence-corrected chi connectivity index (χ2v) is 4.75. The number of carbonyl (C=O) groups excluding carboxylic acids is 1. The van der Waals surface area contributed by atoms with Gasteiger partial charge < -0.3 is 5.32 Å². The lowest BCUT2D eigenvalue weighted by atomic mass is 10.1. The number of nitrogens with one attached hydrogen (secondary N) is 1. The second kappa shape index (κ2) is 5.55. The number of halogens is 2. The van der Waals surface area contributed by atoms with Crippen LogP contribution in [0.15, 0.2) is 30.5 Å². The van der Waals surface area contributed by atoms with Crippen LogP contribution in [-0.4, -0.2) is 16.8 Å². The minimum Gasteiger partial charge on any atom is -0.324 e. The Kier molecular flexibility index (Phi) is 4.04. The number of carbonyl (C=O) groups is 1. The lowest BCUT2D eigenvalue weighted by Gasteiger charge is -2.11. The second-order valence-electron chi connectivity index (χ2n) is 4.04. The van der Waals surface area contributed by atoms with Gasteiger partial charge in [0.15, 0.2) is 0 Å². The number of amides is 1. The van der Waals surface area contributed by atoms with Crippen molar-refractivity contribution >= 4 is 45.7 Å². The Balaban J connectivity index is 2.40. The summed E-state index contributed by atoms with van der Waals surface area (Å²) in [6, 6.07) is 7.16. The minimum atomic E-state index is -0.249. The van der Waals surface area contributed by atoms with Crippen LogP contribution in [0, 0.1) is 5.92 Å². The number of rotatable bonds is 3. The molecule has 1 aromatic heterocycles. The van der Waals surface area contributed by atoms with Crippen LogP contribution in [0.2, 0.25) is 5.02 Å². The van der Waals surface area contributed by atoms with Crippen molar-refractivity contribution in [3.63, 3.8) is 0 Å². The number of pyridine rings is 1. The molecule has 0 bridgehead atoms. The first-order valence-electron chi connectivity index (χ1n) is 5.53. The first-order valence-corrected chi connectivity index (χ1v) is 6.44. The smallest absolute Gasteiger partial charge is 0.228 e. The van der Waals surface area contributed by atoms with Crippen LogP contribution in [0.4, 0.5) is 5.69 Å². The molecule has 1 N–H and O–H groups in total. The van der Waals surface area contributed by atoms with Gasteiger partial charge in [-0.3, -0.25) is 9.78 Å². The van der Waals surface area contributed by atoms with E-state index in [-0.39, 0.29) is 17.7 Å². The molecule has 0 fully saturated rings. The number of hydrogen-bond acceptors (Lipinski definition) is 2. The van der Waals surface area contributed by atoms with E-state index in [4.69, 9.17) is 23.2 Å². The summed E-state index contributed by atoms with van der Waals surface area (Å²) in [5, 5.41) is 4.25. The molecule has 1 heterocycles. The van der Waals surface area contributed by atoms with Crippen LogP contribution in [0.1, 0.15) is 6.92 Å². The number of aromatic nitrogens is 1. The van der Waals surface area contributed by atoms with Crippen LogP contribution < -0.4 is 5.32 Å². The Bertz CT molecular complexity index is 586. The Labute approximate surface area is 115 Å². The van der Waals surface area contributed by atoms with Crippen LogP contribution in [0.25, 0.3) is 10.9 Å². The maximum absolute atomic E-state index is 11.8. The Hall–Kier alpha value is -1.32. The molecular weight excluding hydrogens is 271 g/mol. The molecular formula is C13H12Cl2N2O. The molecule has 1 aromatic carbocycles. The van der Waals surface area contributed by atoms with Gasteiger partial charge in [0.05, 0.1) is 16.2 Å². The number of anilines is 1. The molecule has 1 unspecified atom stereocenters. The summed E-state index contributed by atoms with van der Waals surface area (Å²) < 4.78 is 0. The predicted molar refractivity (Wildman–Crippen MR) is 75.3 cm³/mol. The van der Waals surface area contributed by atoms with Crippen molar-refractivity contribution in [2.75, 3.05) is 11.2 Å². The van der Waals surface area contributed by atoms with Gasteiger partial charge in [0.2, 0.25) is 5.91 Å². The zero-order valence-electron chi connectivity index (χ0n) is 9.78.